The molecular weight excluding hydrogens is 172 g/mol. The minimum absolute atomic E-state index is 0.555. The molecule has 2 atom stereocenters. The first-order chi connectivity index (χ1) is 6.92. The molecule has 0 aliphatic heterocycles. The van der Waals surface area contributed by atoms with E-state index in [9.17, 15) is 0 Å². The average molecular weight is 188 g/mol. The zero-order chi connectivity index (χ0) is 9.38. The summed E-state index contributed by atoms with van der Waals surface area (Å²) in [5.74, 6) is 2.05. The van der Waals surface area contributed by atoms with Crippen LogP contribution in [0, 0.1) is 11.8 Å². The van der Waals surface area contributed by atoms with Crippen molar-refractivity contribution in [2.75, 3.05) is 0 Å². The van der Waals surface area contributed by atoms with Gasteiger partial charge in [-0.3, -0.25) is 0 Å². The van der Waals surface area contributed by atoms with Gasteiger partial charge in [0.1, 0.15) is 0 Å². The van der Waals surface area contributed by atoms with Gasteiger partial charge < -0.3 is 4.74 Å². The van der Waals surface area contributed by atoms with Crippen molar-refractivity contribution in [2.45, 2.75) is 32.0 Å². The standard InChI is InChI=1S/C13H16O/c1-2-4-10(5-3-1)9-14-13-7-11-6-12(11)8-13/h1-5,11-13H,6-9H2. The summed E-state index contributed by atoms with van der Waals surface area (Å²) in [4.78, 5) is 0. The van der Waals surface area contributed by atoms with Crippen LogP contribution in [0.5, 0.6) is 0 Å². The van der Waals surface area contributed by atoms with Crippen molar-refractivity contribution in [1.29, 1.82) is 0 Å². The summed E-state index contributed by atoms with van der Waals surface area (Å²) in [7, 11) is 0. The van der Waals surface area contributed by atoms with Gasteiger partial charge in [-0.25, -0.2) is 0 Å². The second kappa shape index (κ2) is 3.39. The van der Waals surface area contributed by atoms with E-state index in [4.69, 9.17) is 4.74 Å². The molecule has 0 N–H and O–H groups in total. The molecule has 74 valence electrons. The van der Waals surface area contributed by atoms with Crippen LogP contribution in [0.1, 0.15) is 24.8 Å². The van der Waals surface area contributed by atoms with E-state index < -0.39 is 0 Å². The van der Waals surface area contributed by atoms with Crippen LogP contribution in [0.2, 0.25) is 0 Å². The molecule has 0 amide bonds. The Kier molecular flexibility index (Phi) is 2.06. The lowest BCUT2D eigenvalue weighted by Crippen LogP contribution is -2.09. The second-order valence-electron chi connectivity index (χ2n) is 4.65. The molecule has 1 aromatic carbocycles. The lowest BCUT2D eigenvalue weighted by Gasteiger charge is -2.12. The zero-order valence-electron chi connectivity index (χ0n) is 8.36. The molecule has 0 heterocycles. The van der Waals surface area contributed by atoms with Crippen molar-refractivity contribution in [2.24, 2.45) is 11.8 Å². The highest BCUT2D eigenvalue weighted by Crippen LogP contribution is 2.52. The molecule has 0 radical (unpaired) electrons. The van der Waals surface area contributed by atoms with E-state index >= 15 is 0 Å². The molecule has 2 aliphatic carbocycles. The van der Waals surface area contributed by atoms with Crippen LogP contribution in [-0.2, 0) is 11.3 Å². The average Bonchev–Trinajstić information content (AvgIpc) is 2.85. The van der Waals surface area contributed by atoms with Crippen LogP contribution in [-0.4, -0.2) is 6.10 Å². The maximum absolute atomic E-state index is 5.89. The first kappa shape index (κ1) is 8.49. The predicted octanol–water partition coefficient (Wildman–Crippen LogP) is 3.00. The number of fused-ring (bicyclic) bond motifs is 1. The topological polar surface area (TPSA) is 9.23 Å². The molecule has 0 saturated heterocycles. The van der Waals surface area contributed by atoms with Gasteiger partial charge in [0.15, 0.2) is 0 Å². The smallest absolute Gasteiger partial charge is 0.0720 e. The predicted molar refractivity (Wildman–Crippen MR) is 55.9 cm³/mol. The van der Waals surface area contributed by atoms with E-state index in [0.717, 1.165) is 18.4 Å². The highest BCUT2D eigenvalue weighted by Gasteiger charge is 2.46. The van der Waals surface area contributed by atoms with Gasteiger partial charge in [-0.1, -0.05) is 30.3 Å². The molecule has 1 nitrogen and oxygen atoms in total. The summed E-state index contributed by atoms with van der Waals surface area (Å²) >= 11 is 0. The van der Waals surface area contributed by atoms with Crippen molar-refractivity contribution >= 4 is 0 Å². The quantitative estimate of drug-likeness (QED) is 0.708. The van der Waals surface area contributed by atoms with Gasteiger partial charge in [0, 0.05) is 0 Å². The van der Waals surface area contributed by atoms with Gasteiger partial charge in [-0.2, -0.15) is 0 Å². The minimum Gasteiger partial charge on any atom is -0.374 e. The summed E-state index contributed by atoms with van der Waals surface area (Å²) in [6.07, 6.45) is 4.67. The largest absolute Gasteiger partial charge is 0.374 e. The van der Waals surface area contributed by atoms with E-state index in [-0.39, 0.29) is 0 Å². The number of rotatable bonds is 3. The second-order valence-corrected chi connectivity index (χ2v) is 4.65. The molecule has 14 heavy (non-hydrogen) atoms. The molecule has 2 fully saturated rings. The first-order valence-corrected chi connectivity index (χ1v) is 5.57. The third-order valence-corrected chi connectivity index (χ3v) is 3.53. The van der Waals surface area contributed by atoms with Crippen LogP contribution in [0.4, 0.5) is 0 Å². The van der Waals surface area contributed by atoms with Crippen LogP contribution in [0.15, 0.2) is 30.3 Å². The number of hydrogen-bond donors (Lipinski definition) is 0. The Bertz CT molecular complexity index is 296. The van der Waals surface area contributed by atoms with Gasteiger partial charge in [0.2, 0.25) is 0 Å². The Hall–Kier alpha value is -0.820. The highest BCUT2D eigenvalue weighted by molar-refractivity contribution is 5.13. The third-order valence-electron chi connectivity index (χ3n) is 3.53. The lowest BCUT2D eigenvalue weighted by molar-refractivity contribution is 0.0375. The molecule has 0 spiro atoms. The van der Waals surface area contributed by atoms with Gasteiger partial charge in [0.25, 0.3) is 0 Å². The molecular formula is C13H16O. The first-order valence-electron chi connectivity index (χ1n) is 5.57. The molecule has 0 bridgehead atoms. The SMILES string of the molecule is c1ccc(COC2CC3CC3C2)cc1. The molecule has 0 aromatic heterocycles. The van der Waals surface area contributed by atoms with Crippen LogP contribution >= 0.6 is 0 Å². The number of hydrogen-bond acceptors (Lipinski definition) is 1. The maximum Gasteiger partial charge on any atom is 0.0720 e. The Labute approximate surface area is 85.1 Å². The van der Waals surface area contributed by atoms with Gasteiger partial charge in [-0.05, 0) is 36.7 Å². The molecule has 2 unspecified atom stereocenters. The van der Waals surface area contributed by atoms with Crippen molar-refractivity contribution in [3.8, 4) is 0 Å². The summed E-state index contributed by atoms with van der Waals surface area (Å²) in [5.41, 5.74) is 1.30. The van der Waals surface area contributed by atoms with Crippen LogP contribution in [0.3, 0.4) is 0 Å². The fraction of sp³-hybridized carbons (Fsp3) is 0.538. The highest BCUT2D eigenvalue weighted by atomic mass is 16.5. The van der Waals surface area contributed by atoms with Gasteiger partial charge in [-0.15, -0.1) is 0 Å². The van der Waals surface area contributed by atoms with E-state index in [0.29, 0.717) is 6.10 Å². The minimum atomic E-state index is 0.555. The Balaban J connectivity index is 1.50. The number of ether oxygens (including phenoxy) is 1. The van der Waals surface area contributed by atoms with Gasteiger partial charge >= 0.3 is 0 Å². The fourth-order valence-electron chi connectivity index (χ4n) is 2.58. The summed E-state index contributed by atoms with van der Waals surface area (Å²) in [6, 6.07) is 10.5. The van der Waals surface area contributed by atoms with E-state index in [2.05, 4.69) is 24.3 Å². The zero-order valence-corrected chi connectivity index (χ0v) is 8.36. The molecule has 3 rings (SSSR count). The lowest BCUT2D eigenvalue weighted by atomic mass is 10.2. The van der Waals surface area contributed by atoms with Crippen molar-refractivity contribution in [1.82, 2.24) is 0 Å². The summed E-state index contributed by atoms with van der Waals surface area (Å²) in [6.45, 7) is 0.797. The summed E-state index contributed by atoms with van der Waals surface area (Å²) in [5, 5.41) is 0. The fourth-order valence-corrected chi connectivity index (χ4v) is 2.58. The summed E-state index contributed by atoms with van der Waals surface area (Å²) < 4.78 is 5.89. The van der Waals surface area contributed by atoms with Crippen molar-refractivity contribution < 1.29 is 4.74 Å². The molecule has 2 saturated carbocycles. The molecule has 1 aromatic rings. The van der Waals surface area contributed by atoms with Crippen molar-refractivity contribution in [3.05, 3.63) is 35.9 Å². The third kappa shape index (κ3) is 1.69. The Morgan fingerprint density at radius 3 is 2.43 bits per heavy atom. The van der Waals surface area contributed by atoms with E-state index in [1.165, 1.54) is 24.8 Å². The van der Waals surface area contributed by atoms with Crippen LogP contribution in [0.25, 0.3) is 0 Å². The Morgan fingerprint density at radius 2 is 1.71 bits per heavy atom. The number of benzene rings is 1. The Morgan fingerprint density at radius 1 is 1.00 bits per heavy atom. The molecule has 2 aliphatic rings. The van der Waals surface area contributed by atoms with E-state index in [1.54, 1.807) is 0 Å². The maximum atomic E-state index is 5.89. The van der Waals surface area contributed by atoms with Gasteiger partial charge in [0.05, 0.1) is 12.7 Å². The van der Waals surface area contributed by atoms with E-state index in [1.807, 2.05) is 6.07 Å². The van der Waals surface area contributed by atoms with Crippen LogP contribution < -0.4 is 0 Å². The normalized spacial score (nSPS) is 34.1. The monoisotopic (exact) mass is 188 g/mol. The molecule has 1 heteroatoms. The van der Waals surface area contributed by atoms with Crippen molar-refractivity contribution in [3.63, 3.8) is 0 Å².